The molecule has 1 aromatic heterocycles. The van der Waals surface area contributed by atoms with Gasteiger partial charge in [0.1, 0.15) is 5.75 Å². The number of hydrogen-bond acceptors (Lipinski definition) is 5. The summed E-state index contributed by atoms with van der Waals surface area (Å²) in [6.07, 6.45) is 0.933. The lowest BCUT2D eigenvalue weighted by Crippen LogP contribution is -2.26. The van der Waals surface area contributed by atoms with E-state index in [2.05, 4.69) is 41.5 Å². The zero-order chi connectivity index (χ0) is 14.2. The minimum Gasteiger partial charge on any atom is -0.493 e. The van der Waals surface area contributed by atoms with Crippen LogP contribution in [0.25, 0.3) is 0 Å². The van der Waals surface area contributed by atoms with Crippen molar-refractivity contribution < 1.29 is 4.74 Å². The number of nitrogens with one attached hydrogen (secondary N) is 1. The number of ether oxygens (including phenoxy) is 1. The van der Waals surface area contributed by atoms with Crippen LogP contribution in [0.5, 0.6) is 5.75 Å². The second-order valence-corrected chi connectivity index (χ2v) is 6.81. The highest BCUT2D eigenvalue weighted by Crippen LogP contribution is 2.37. The largest absolute Gasteiger partial charge is 0.493 e. The molecule has 106 valence electrons. The molecular formula is C15H19N3OS. The maximum atomic E-state index is 5.69. The third-order valence-corrected chi connectivity index (χ3v) is 3.84. The van der Waals surface area contributed by atoms with Gasteiger partial charge in [-0.25, -0.2) is 4.98 Å². The van der Waals surface area contributed by atoms with E-state index < -0.39 is 0 Å². The molecule has 0 radical (unpaired) electrons. The van der Waals surface area contributed by atoms with E-state index in [4.69, 9.17) is 4.74 Å². The Bertz CT molecular complexity index is 603. The van der Waals surface area contributed by atoms with Crippen LogP contribution >= 0.6 is 11.5 Å². The summed E-state index contributed by atoms with van der Waals surface area (Å²) in [6, 6.07) is 8.17. The second-order valence-electron chi connectivity index (χ2n) is 6.06. The van der Waals surface area contributed by atoms with Crippen LogP contribution in [0.15, 0.2) is 24.3 Å². The summed E-state index contributed by atoms with van der Waals surface area (Å²) in [5, 5.41) is 4.26. The maximum absolute atomic E-state index is 5.69. The van der Waals surface area contributed by atoms with Crippen molar-refractivity contribution in [3.05, 3.63) is 35.7 Å². The quantitative estimate of drug-likeness (QED) is 0.916. The van der Waals surface area contributed by atoms with Crippen LogP contribution in [-0.2, 0) is 0 Å². The van der Waals surface area contributed by atoms with Gasteiger partial charge in [0.15, 0.2) is 5.82 Å². The Morgan fingerprint density at radius 3 is 2.90 bits per heavy atom. The molecule has 0 amide bonds. The molecule has 1 atom stereocenters. The van der Waals surface area contributed by atoms with E-state index in [0.717, 1.165) is 29.7 Å². The Morgan fingerprint density at radius 2 is 2.10 bits per heavy atom. The number of benzene rings is 1. The van der Waals surface area contributed by atoms with Gasteiger partial charge in [0.05, 0.1) is 12.5 Å². The Kier molecular flexibility index (Phi) is 3.38. The fourth-order valence-corrected chi connectivity index (χ4v) is 3.19. The lowest BCUT2D eigenvalue weighted by atomic mass is 9.92. The van der Waals surface area contributed by atoms with Gasteiger partial charge in [-0.05, 0) is 33.3 Å². The van der Waals surface area contributed by atoms with E-state index in [9.17, 15) is 0 Å². The zero-order valence-electron chi connectivity index (χ0n) is 12.0. The van der Waals surface area contributed by atoms with Crippen molar-refractivity contribution in [1.82, 2.24) is 9.36 Å². The van der Waals surface area contributed by atoms with E-state index in [1.54, 1.807) is 0 Å². The number of anilines is 1. The Balaban J connectivity index is 1.88. The predicted molar refractivity (Wildman–Crippen MR) is 81.7 cm³/mol. The lowest BCUT2D eigenvalue weighted by molar-refractivity contribution is 0.275. The number of aromatic nitrogens is 2. The molecule has 2 heterocycles. The zero-order valence-corrected chi connectivity index (χ0v) is 12.8. The molecule has 0 saturated carbocycles. The van der Waals surface area contributed by atoms with Crippen molar-refractivity contribution in [2.75, 3.05) is 11.9 Å². The standard InChI is InChI=1S/C15H19N3OS/c1-15(2,3)17-14-16-13(18-20-14)11-8-9-19-12-7-5-4-6-10(11)12/h4-7,11H,8-9H2,1-3H3,(H,16,17,18). The van der Waals surface area contributed by atoms with Crippen LogP contribution in [0.2, 0.25) is 0 Å². The molecule has 20 heavy (non-hydrogen) atoms. The molecule has 0 aliphatic carbocycles. The molecule has 0 saturated heterocycles. The van der Waals surface area contributed by atoms with Crippen molar-refractivity contribution in [3.8, 4) is 5.75 Å². The van der Waals surface area contributed by atoms with Crippen LogP contribution in [0.3, 0.4) is 0 Å². The first kappa shape index (κ1) is 13.4. The fourth-order valence-electron chi connectivity index (χ4n) is 2.36. The van der Waals surface area contributed by atoms with Crippen LogP contribution in [0.1, 0.15) is 44.5 Å². The summed E-state index contributed by atoms with van der Waals surface area (Å²) in [5.41, 5.74) is 1.20. The molecule has 1 aromatic carbocycles. The van der Waals surface area contributed by atoms with Crippen LogP contribution in [0.4, 0.5) is 5.13 Å². The summed E-state index contributed by atoms with van der Waals surface area (Å²) in [5.74, 6) is 2.10. The number of hydrogen-bond donors (Lipinski definition) is 1. The molecule has 0 fully saturated rings. The van der Waals surface area contributed by atoms with Gasteiger partial charge in [0.2, 0.25) is 5.13 Å². The average molecular weight is 289 g/mol. The molecule has 3 rings (SSSR count). The average Bonchev–Trinajstić information content (AvgIpc) is 2.84. The van der Waals surface area contributed by atoms with E-state index in [1.807, 2.05) is 18.2 Å². The van der Waals surface area contributed by atoms with E-state index in [1.165, 1.54) is 17.1 Å². The summed E-state index contributed by atoms with van der Waals surface area (Å²) in [7, 11) is 0. The Morgan fingerprint density at radius 1 is 1.30 bits per heavy atom. The van der Waals surface area contributed by atoms with E-state index in [-0.39, 0.29) is 11.5 Å². The van der Waals surface area contributed by atoms with E-state index >= 15 is 0 Å². The number of fused-ring (bicyclic) bond motifs is 1. The van der Waals surface area contributed by atoms with Gasteiger partial charge >= 0.3 is 0 Å². The van der Waals surface area contributed by atoms with Gasteiger partial charge in [0, 0.05) is 22.6 Å². The lowest BCUT2D eigenvalue weighted by Gasteiger charge is -2.23. The molecule has 0 spiro atoms. The molecule has 2 aromatic rings. The fraction of sp³-hybridized carbons (Fsp3) is 0.467. The topological polar surface area (TPSA) is 47.0 Å². The first-order valence-corrected chi connectivity index (χ1v) is 7.64. The number of para-hydroxylation sites is 1. The third kappa shape index (κ3) is 2.77. The highest BCUT2D eigenvalue weighted by Gasteiger charge is 2.26. The highest BCUT2D eigenvalue weighted by atomic mass is 32.1. The van der Waals surface area contributed by atoms with Gasteiger partial charge in [-0.2, -0.15) is 4.37 Å². The third-order valence-electron chi connectivity index (χ3n) is 3.19. The van der Waals surface area contributed by atoms with Gasteiger partial charge in [-0.3, -0.25) is 0 Å². The summed E-state index contributed by atoms with van der Waals surface area (Å²) in [4.78, 5) is 4.66. The molecule has 1 aliphatic rings. The van der Waals surface area contributed by atoms with Crippen molar-refractivity contribution >= 4 is 16.7 Å². The molecular weight excluding hydrogens is 270 g/mol. The van der Waals surface area contributed by atoms with Gasteiger partial charge in [-0.1, -0.05) is 18.2 Å². The minimum atomic E-state index is 0.00435. The van der Waals surface area contributed by atoms with Crippen LogP contribution < -0.4 is 10.1 Å². The van der Waals surface area contributed by atoms with Crippen molar-refractivity contribution in [1.29, 1.82) is 0 Å². The number of nitrogens with zero attached hydrogens (tertiary/aromatic N) is 2. The minimum absolute atomic E-state index is 0.00435. The monoisotopic (exact) mass is 289 g/mol. The molecule has 4 nitrogen and oxygen atoms in total. The molecule has 5 heteroatoms. The first-order chi connectivity index (χ1) is 9.53. The summed E-state index contributed by atoms with van der Waals surface area (Å²) >= 11 is 1.43. The number of rotatable bonds is 2. The van der Waals surface area contributed by atoms with E-state index in [0.29, 0.717) is 0 Å². The van der Waals surface area contributed by atoms with Gasteiger partial charge in [0.25, 0.3) is 0 Å². The predicted octanol–water partition coefficient (Wildman–Crippen LogP) is 3.66. The second kappa shape index (κ2) is 5.05. The van der Waals surface area contributed by atoms with Gasteiger partial charge in [-0.15, -0.1) is 0 Å². The van der Waals surface area contributed by atoms with Crippen molar-refractivity contribution in [2.45, 2.75) is 38.6 Å². The molecule has 0 bridgehead atoms. The SMILES string of the molecule is CC(C)(C)Nc1nc(C2CCOc3ccccc32)ns1. The first-order valence-electron chi connectivity index (χ1n) is 6.86. The normalized spacial score (nSPS) is 18.2. The maximum Gasteiger partial charge on any atom is 0.202 e. The van der Waals surface area contributed by atoms with Gasteiger partial charge < -0.3 is 10.1 Å². The molecule has 1 aliphatic heterocycles. The van der Waals surface area contributed by atoms with Crippen molar-refractivity contribution in [2.24, 2.45) is 0 Å². The smallest absolute Gasteiger partial charge is 0.202 e. The Labute approximate surface area is 123 Å². The molecule has 1 unspecified atom stereocenters. The van der Waals surface area contributed by atoms with Crippen LogP contribution in [-0.4, -0.2) is 21.5 Å². The summed E-state index contributed by atoms with van der Waals surface area (Å²) in [6.45, 7) is 7.09. The Hall–Kier alpha value is -1.62. The molecule has 1 N–H and O–H groups in total. The highest BCUT2D eigenvalue weighted by molar-refractivity contribution is 7.09. The van der Waals surface area contributed by atoms with Crippen LogP contribution in [0, 0.1) is 0 Å². The van der Waals surface area contributed by atoms with Crippen molar-refractivity contribution in [3.63, 3.8) is 0 Å². The summed E-state index contributed by atoms with van der Waals surface area (Å²) < 4.78 is 10.2.